The van der Waals surface area contributed by atoms with Gasteiger partial charge in [0.2, 0.25) is 0 Å². The van der Waals surface area contributed by atoms with E-state index in [1.54, 1.807) is 29.1 Å². The van der Waals surface area contributed by atoms with Gasteiger partial charge in [0.25, 0.3) is 5.91 Å². The van der Waals surface area contributed by atoms with Crippen molar-refractivity contribution < 1.29 is 9.53 Å². The largest absolute Gasteiger partial charge is 0.378 e. The molecule has 1 aliphatic rings. The van der Waals surface area contributed by atoms with Gasteiger partial charge in [-0.15, -0.1) is 22.7 Å². The molecular weight excluding hydrogens is 480 g/mol. The van der Waals surface area contributed by atoms with Gasteiger partial charge in [0.1, 0.15) is 0 Å². The van der Waals surface area contributed by atoms with Crippen molar-refractivity contribution in [2.45, 2.75) is 0 Å². The normalized spacial score (nSPS) is 13.8. The second-order valence-corrected chi connectivity index (χ2v) is 9.86. The Balaban J connectivity index is 1.41. The highest BCUT2D eigenvalue weighted by Gasteiger charge is 2.21. The number of benzene rings is 1. The van der Waals surface area contributed by atoms with Gasteiger partial charge in [0.15, 0.2) is 16.6 Å². The third kappa shape index (κ3) is 4.51. The first-order valence-electron chi connectivity index (χ1n) is 11.1. The minimum atomic E-state index is -0.235. The van der Waals surface area contributed by atoms with Crippen LogP contribution in [0, 0.1) is 0 Å². The molecule has 10 heteroatoms. The molecule has 0 atom stereocenters. The van der Waals surface area contributed by atoms with Crippen molar-refractivity contribution in [1.82, 2.24) is 19.9 Å². The molecule has 5 heterocycles. The van der Waals surface area contributed by atoms with Gasteiger partial charge in [-0.1, -0.05) is 18.2 Å². The summed E-state index contributed by atoms with van der Waals surface area (Å²) in [5.74, 6) is 1.28. The van der Waals surface area contributed by atoms with Crippen LogP contribution >= 0.6 is 22.7 Å². The van der Waals surface area contributed by atoms with Crippen LogP contribution in [0.25, 0.3) is 32.0 Å². The molecule has 1 fully saturated rings. The van der Waals surface area contributed by atoms with Crippen LogP contribution in [-0.4, -0.2) is 52.1 Å². The number of rotatable bonds is 5. The molecule has 6 rings (SSSR count). The van der Waals surface area contributed by atoms with Gasteiger partial charge < -0.3 is 15.0 Å². The number of morpholine rings is 1. The van der Waals surface area contributed by atoms with E-state index >= 15 is 0 Å². The summed E-state index contributed by atoms with van der Waals surface area (Å²) in [6.45, 7) is 2.88. The third-order valence-electron chi connectivity index (χ3n) is 5.62. The van der Waals surface area contributed by atoms with Gasteiger partial charge in [-0.25, -0.2) is 15.0 Å². The van der Waals surface area contributed by atoms with Crippen molar-refractivity contribution in [3.8, 4) is 21.8 Å². The number of ether oxygens (including phenoxy) is 1. The summed E-state index contributed by atoms with van der Waals surface area (Å²) in [7, 11) is 0. The quantitative estimate of drug-likeness (QED) is 0.364. The Bertz CT molecular complexity index is 1480. The maximum atomic E-state index is 12.5. The summed E-state index contributed by atoms with van der Waals surface area (Å²) < 4.78 is 6.62. The standard InChI is InChI=1S/C25H20N6O2S2/c32-24(25-27-7-12-34-25)28-18-5-1-3-16(13-18)22-29-19-14-20(17-4-2-6-26-15-17)35-21(19)23(30-22)31-8-10-33-11-9-31/h1-7,12-15H,8-11H2,(H,28,32). The van der Waals surface area contributed by atoms with Gasteiger partial charge in [0.05, 0.1) is 23.4 Å². The van der Waals surface area contributed by atoms with Gasteiger partial charge in [0, 0.05) is 58.8 Å². The van der Waals surface area contributed by atoms with Crippen LogP contribution < -0.4 is 10.2 Å². The Morgan fingerprint density at radius 1 is 1.03 bits per heavy atom. The number of fused-ring (bicyclic) bond motifs is 1. The smallest absolute Gasteiger partial charge is 0.284 e. The lowest BCUT2D eigenvalue weighted by molar-refractivity contribution is 0.102. The first-order valence-corrected chi connectivity index (χ1v) is 12.8. The number of pyridine rings is 1. The molecule has 35 heavy (non-hydrogen) atoms. The number of hydrogen-bond acceptors (Lipinski definition) is 9. The average Bonchev–Trinajstić information content (AvgIpc) is 3.60. The first kappa shape index (κ1) is 21.8. The van der Waals surface area contributed by atoms with Gasteiger partial charge in [-0.3, -0.25) is 9.78 Å². The van der Waals surface area contributed by atoms with Crippen LogP contribution in [0.5, 0.6) is 0 Å². The van der Waals surface area contributed by atoms with Gasteiger partial charge >= 0.3 is 0 Å². The van der Waals surface area contributed by atoms with E-state index in [1.165, 1.54) is 11.3 Å². The van der Waals surface area contributed by atoms with E-state index < -0.39 is 0 Å². The zero-order chi connectivity index (χ0) is 23.6. The van der Waals surface area contributed by atoms with Gasteiger partial charge in [-0.05, 0) is 24.3 Å². The number of nitrogens with one attached hydrogen (secondary N) is 1. The molecule has 0 aliphatic carbocycles. The van der Waals surface area contributed by atoms with Crippen LogP contribution in [0.15, 0.2) is 66.4 Å². The molecule has 1 aromatic carbocycles. The number of carbonyl (C=O) groups is 1. The number of thiophene rings is 1. The third-order valence-corrected chi connectivity index (χ3v) is 7.56. The summed E-state index contributed by atoms with van der Waals surface area (Å²) in [6, 6.07) is 13.7. The zero-order valence-corrected chi connectivity index (χ0v) is 20.2. The molecule has 8 nitrogen and oxygen atoms in total. The fourth-order valence-electron chi connectivity index (χ4n) is 3.94. The van der Waals surface area contributed by atoms with E-state index in [4.69, 9.17) is 14.7 Å². The Labute approximate surface area is 209 Å². The lowest BCUT2D eigenvalue weighted by Gasteiger charge is -2.28. The SMILES string of the molecule is O=C(Nc1cccc(-c2nc(N3CCOCC3)c3sc(-c4cccnc4)cc3n2)c1)c1nccs1. The van der Waals surface area contributed by atoms with E-state index in [0.29, 0.717) is 29.7 Å². The number of thiazole rings is 1. The van der Waals surface area contributed by atoms with Crippen molar-refractivity contribution in [3.05, 3.63) is 71.4 Å². The van der Waals surface area contributed by atoms with Crippen molar-refractivity contribution in [2.75, 3.05) is 36.5 Å². The summed E-state index contributed by atoms with van der Waals surface area (Å²) in [4.78, 5) is 34.1. The fraction of sp³-hybridized carbons (Fsp3) is 0.160. The number of hydrogen-bond donors (Lipinski definition) is 1. The highest BCUT2D eigenvalue weighted by Crippen LogP contribution is 2.38. The molecule has 0 unspecified atom stereocenters. The number of aromatic nitrogens is 4. The minimum Gasteiger partial charge on any atom is -0.378 e. The molecular formula is C25H20N6O2S2. The Morgan fingerprint density at radius 3 is 2.71 bits per heavy atom. The Morgan fingerprint density at radius 2 is 1.91 bits per heavy atom. The molecule has 0 saturated carbocycles. The van der Waals surface area contributed by atoms with Crippen molar-refractivity contribution in [1.29, 1.82) is 0 Å². The van der Waals surface area contributed by atoms with Gasteiger partial charge in [-0.2, -0.15) is 0 Å². The second-order valence-electron chi connectivity index (χ2n) is 7.91. The molecule has 0 spiro atoms. The van der Waals surface area contributed by atoms with Crippen molar-refractivity contribution >= 4 is 50.3 Å². The maximum absolute atomic E-state index is 12.5. The Kier molecular flexibility index (Phi) is 5.91. The fourth-order valence-corrected chi connectivity index (χ4v) is 5.58. The van der Waals surface area contributed by atoms with Crippen LogP contribution in [0.4, 0.5) is 11.5 Å². The van der Waals surface area contributed by atoms with E-state index in [2.05, 4.69) is 32.3 Å². The minimum absolute atomic E-state index is 0.235. The number of carbonyl (C=O) groups excluding carboxylic acids is 1. The highest BCUT2D eigenvalue weighted by atomic mass is 32.1. The monoisotopic (exact) mass is 500 g/mol. The van der Waals surface area contributed by atoms with E-state index in [9.17, 15) is 4.79 Å². The average molecular weight is 501 g/mol. The van der Waals surface area contributed by atoms with Crippen LogP contribution in [0.2, 0.25) is 0 Å². The molecule has 0 bridgehead atoms. The topological polar surface area (TPSA) is 93.1 Å². The second kappa shape index (κ2) is 9.49. The predicted octanol–water partition coefficient (Wildman–Crippen LogP) is 4.97. The molecule has 5 aromatic rings. The molecule has 1 amide bonds. The summed E-state index contributed by atoms with van der Waals surface area (Å²) in [6.07, 6.45) is 5.25. The van der Waals surface area contributed by atoms with Crippen LogP contribution in [0.3, 0.4) is 0 Å². The molecule has 1 N–H and O–H groups in total. The maximum Gasteiger partial charge on any atom is 0.284 e. The summed E-state index contributed by atoms with van der Waals surface area (Å²) >= 11 is 2.98. The first-order chi connectivity index (χ1) is 17.2. The predicted molar refractivity (Wildman–Crippen MR) is 139 cm³/mol. The molecule has 0 radical (unpaired) electrons. The molecule has 1 saturated heterocycles. The van der Waals surface area contributed by atoms with Crippen molar-refractivity contribution in [2.24, 2.45) is 0 Å². The summed E-state index contributed by atoms with van der Waals surface area (Å²) in [5.41, 5.74) is 3.43. The molecule has 174 valence electrons. The van der Waals surface area contributed by atoms with Crippen molar-refractivity contribution in [3.63, 3.8) is 0 Å². The van der Waals surface area contributed by atoms with E-state index in [1.807, 2.05) is 36.5 Å². The van der Waals surface area contributed by atoms with Crippen LogP contribution in [-0.2, 0) is 4.74 Å². The molecule has 1 aliphatic heterocycles. The number of anilines is 2. The highest BCUT2D eigenvalue weighted by molar-refractivity contribution is 7.22. The Hall–Kier alpha value is -3.73. The lowest BCUT2D eigenvalue weighted by Crippen LogP contribution is -2.36. The van der Waals surface area contributed by atoms with E-state index in [-0.39, 0.29) is 5.91 Å². The lowest BCUT2D eigenvalue weighted by atomic mass is 10.1. The number of nitrogens with zero attached hydrogens (tertiary/aromatic N) is 5. The molecule has 4 aromatic heterocycles. The zero-order valence-electron chi connectivity index (χ0n) is 18.5. The van der Waals surface area contributed by atoms with Crippen LogP contribution in [0.1, 0.15) is 9.80 Å². The summed E-state index contributed by atoms with van der Waals surface area (Å²) in [5, 5.41) is 5.12. The number of amides is 1. The van der Waals surface area contributed by atoms with E-state index in [0.717, 1.165) is 45.1 Å².